The van der Waals surface area contributed by atoms with Crippen LogP contribution in [0.15, 0.2) is 41.1 Å². The number of aromatic nitrogens is 1. The number of rotatable bonds is 4. The molecule has 0 bridgehead atoms. The molecule has 0 saturated heterocycles. The third-order valence-corrected chi connectivity index (χ3v) is 3.36. The number of carbonyl (C=O) groups is 1. The van der Waals surface area contributed by atoms with Gasteiger partial charge in [0.05, 0.1) is 31.7 Å². The molecule has 0 aliphatic carbocycles. The van der Waals surface area contributed by atoms with Crippen molar-refractivity contribution in [2.75, 3.05) is 19.5 Å². The molecule has 0 fully saturated rings. The molecule has 2 rings (SSSR count). The molecule has 0 spiro atoms. The lowest BCUT2D eigenvalue weighted by atomic mass is 10.2. The van der Waals surface area contributed by atoms with Gasteiger partial charge in [0.25, 0.3) is 5.91 Å². The Morgan fingerprint density at radius 3 is 2.75 bits per heavy atom. The van der Waals surface area contributed by atoms with Crippen molar-refractivity contribution >= 4 is 27.5 Å². The van der Waals surface area contributed by atoms with E-state index in [1.54, 1.807) is 31.4 Å². The van der Waals surface area contributed by atoms with E-state index >= 15 is 0 Å². The highest BCUT2D eigenvalue weighted by molar-refractivity contribution is 9.10. The molecule has 0 aliphatic rings. The molecular formula is C14H13BrN2O3. The fourth-order valence-electron chi connectivity index (χ4n) is 1.65. The van der Waals surface area contributed by atoms with Crippen LogP contribution in [-0.4, -0.2) is 25.1 Å². The summed E-state index contributed by atoms with van der Waals surface area (Å²) in [6.07, 6.45) is 3.04. The predicted octanol–water partition coefficient (Wildman–Crippen LogP) is 3.11. The summed E-state index contributed by atoms with van der Waals surface area (Å²) in [7, 11) is 3.07. The molecule has 0 saturated carbocycles. The van der Waals surface area contributed by atoms with Crippen molar-refractivity contribution in [2.24, 2.45) is 0 Å². The highest BCUT2D eigenvalue weighted by Gasteiger charge is 2.13. The quantitative estimate of drug-likeness (QED) is 0.931. The van der Waals surface area contributed by atoms with Crippen LogP contribution < -0.4 is 14.8 Å². The largest absolute Gasteiger partial charge is 0.497 e. The smallest absolute Gasteiger partial charge is 0.259 e. The van der Waals surface area contributed by atoms with Gasteiger partial charge in [0.2, 0.25) is 0 Å². The fraction of sp³-hybridized carbons (Fsp3) is 0.143. The molecule has 1 heterocycles. The van der Waals surface area contributed by atoms with Crippen LogP contribution in [0.25, 0.3) is 0 Å². The van der Waals surface area contributed by atoms with Gasteiger partial charge >= 0.3 is 0 Å². The first-order valence-electron chi connectivity index (χ1n) is 5.78. The molecule has 20 heavy (non-hydrogen) atoms. The van der Waals surface area contributed by atoms with Crippen LogP contribution in [-0.2, 0) is 0 Å². The number of pyridine rings is 1. The SMILES string of the molecule is COc1ccc(Br)c(NC(=O)c2ccncc2OC)c1. The van der Waals surface area contributed by atoms with Crippen molar-refractivity contribution in [2.45, 2.75) is 0 Å². The summed E-state index contributed by atoms with van der Waals surface area (Å²) in [6, 6.07) is 6.93. The first kappa shape index (κ1) is 14.3. The van der Waals surface area contributed by atoms with E-state index in [4.69, 9.17) is 9.47 Å². The molecular weight excluding hydrogens is 324 g/mol. The number of hydrogen-bond acceptors (Lipinski definition) is 4. The number of ether oxygens (including phenoxy) is 2. The Morgan fingerprint density at radius 2 is 2.05 bits per heavy atom. The van der Waals surface area contributed by atoms with Crippen LogP contribution in [0.2, 0.25) is 0 Å². The lowest BCUT2D eigenvalue weighted by Crippen LogP contribution is -2.13. The second-order valence-electron chi connectivity index (χ2n) is 3.88. The predicted molar refractivity (Wildman–Crippen MR) is 79.4 cm³/mol. The molecule has 1 N–H and O–H groups in total. The molecule has 0 aliphatic heterocycles. The Balaban J connectivity index is 2.27. The van der Waals surface area contributed by atoms with Crippen molar-refractivity contribution in [3.05, 3.63) is 46.7 Å². The van der Waals surface area contributed by atoms with Crippen LogP contribution >= 0.6 is 15.9 Å². The minimum Gasteiger partial charge on any atom is -0.497 e. The second kappa shape index (κ2) is 6.38. The maximum Gasteiger partial charge on any atom is 0.259 e. The first-order chi connectivity index (χ1) is 9.65. The standard InChI is InChI=1S/C14H13BrN2O3/c1-19-9-3-4-11(15)12(7-9)17-14(18)10-5-6-16-8-13(10)20-2/h3-8H,1-2H3,(H,17,18). The minimum absolute atomic E-state index is 0.279. The normalized spacial score (nSPS) is 9.95. The van der Waals surface area contributed by atoms with Crippen molar-refractivity contribution in [3.8, 4) is 11.5 Å². The van der Waals surface area contributed by atoms with E-state index in [0.717, 1.165) is 4.47 Å². The van der Waals surface area contributed by atoms with E-state index in [2.05, 4.69) is 26.2 Å². The maximum absolute atomic E-state index is 12.3. The molecule has 1 amide bonds. The third-order valence-electron chi connectivity index (χ3n) is 2.67. The maximum atomic E-state index is 12.3. The van der Waals surface area contributed by atoms with Crippen molar-refractivity contribution in [1.82, 2.24) is 4.98 Å². The number of anilines is 1. The molecule has 104 valence electrons. The average molecular weight is 337 g/mol. The monoisotopic (exact) mass is 336 g/mol. The van der Waals surface area contributed by atoms with Crippen molar-refractivity contribution < 1.29 is 14.3 Å². The van der Waals surface area contributed by atoms with Crippen LogP contribution in [0.4, 0.5) is 5.69 Å². The lowest BCUT2D eigenvalue weighted by molar-refractivity contribution is 0.102. The van der Waals surface area contributed by atoms with E-state index in [1.165, 1.54) is 19.5 Å². The lowest BCUT2D eigenvalue weighted by Gasteiger charge is -2.11. The topological polar surface area (TPSA) is 60.5 Å². The molecule has 5 nitrogen and oxygen atoms in total. The molecule has 0 atom stereocenters. The summed E-state index contributed by atoms with van der Waals surface area (Å²) in [5.41, 5.74) is 1.03. The molecule has 1 aromatic heterocycles. The number of amides is 1. The van der Waals surface area contributed by atoms with Gasteiger partial charge in [-0.1, -0.05) is 0 Å². The minimum atomic E-state index is -0.279. The van der Waals surface area contributed by atoms with Crippen LogP contribution in [0.3, 0.4) is 0 Å². The van der Waals surface area contributed by atoms with Crippen LogP contribution in [0.5, 0.6) is 11.5 Å². The van der Waals surface area contributed by atoms with Gasteiger partial charge in [-0.2, -0.15) is 0 Å². The second-order valence-corrected chi connectivity index (χ2v) is 4.73. The highest BCUT2D eigenvalue weighted by Crippen LogP contribution is 2.28. The summed E-state index contributed by atoms with van der Waals surface area (Å²) in [4.78, 5) is 16.2. The zero-order valence-corrected chi connectivity index (χ0v) is 12.6. The molecule has 1 aromatic carbocycles. The number of nitrogens with one attached hydrogen (secondary N) is 1. The Kier molecular flexibility index (Phi) is 4.57. The zero-order chi connectivity index (χ0) is 14.5. The Morgan fingerprint density at radius 1 is 1.25 bits per heavy atom. The molecule has 0 radical (unpaired) electrons. The fourth-order valence-corrected chi connectivity index (χ4v) is 1.99. The van der Waals surface area contributed by atoms with Gasteiger partial charge in [0.1, 0.15) is 11.5 Å². The molecule has 6 heteroatoms. The Bertz CT molecular complexity index is 632. The zero-order valence-electron chi connectivity index (χ0n) is 11.0. The number of methoxy groups -OCH3 is 2. The number of carbonyl (C=O) groups excluding carboxylic acids is 1. The number of nitrogens with zero attached hydrogens (tertiary/aromatic N) is 1. The van der Waals surface area contributed by atoms with Gasteiger partial charge in [-0.3, -0.25) is 9.78 Å². The summed E-state index contributed by atoms with van der Waals surface area (Å²) in [5.74, 6) is 0.799. The number of hydrogen-bond donors (Lipinski definition) is 1. The van der Waals surface area contributed by atoms with Gasteiger partial charge < -0.3 is 14.8 Å². The van der Waals surface area contributed by atoms with Gasteiger partial charge in [-0.15, -0.1) is 0 Å². The van der Waals surface area contributed by atoms with Gasteiger partial charge in [-0.05, 0) is 34.1 Å². The van der Waals surface area contributed by atoms with E-state index in [0.29, 0.717) is 22.7 Å². The average Bonchev–Trinajstić information content (AvgIpc) is 2.49. The van der Waals surface area contributed by atoms with E-state index in [-0.39, 0.29) is 5.91 Å². The molecule has 2 aromatic rings. The Hall–Kier alpha value is -2.08. The number of halogens is 1. The summed E-state index contributed by atoms with van der Waals surface area (Å²) >= 11 is 3.38. The summed E-state index contributed by atoms with van der Waals surface area (Å²) in [5, 5.41) is 2.80. The summed E-state index contributed by atoms with van der Waals surface area (Å²) < 4.78 is 11.0. The molecule has 0 unspecified atom stereocenters. The summed E-state index contributed by atoms with van der Waals surface area (Å²) in [6.45, 7) is 0. The van der Waals surface area contributed by atoms with Gasteiger partial charge in [-0.25, -0.2) is 0 Å². The van der Waals surface area contributed by atoms with Crippen molar-refractivity contribution in [1.29, 1.82) is 0 Å². The van der Waals surface area contributed by atoms with Crippen molar-refractivity contribution in [3.63, 3.8) is 0 Å². The van der Waals surface area contributed by atoms with Crippen LogP contribution in [0.1, 0.15) is 10.4 Å². The van der Waals surface area contributed by atoms with Gasteiger partial charge in [0.15, 0.2) is 0 Å². The Labute approximate surface area is 125 Å². The highest BCUT2D eigenvalue weighted by atomic mass is 79.9. The number of benzene rings is 1. The van der Waals surface area contributed by atoms with E-state index in [1.807, 2.05) is 0 Å². The first-order valence-corrected chi connectivity index (χ1v) is 6.58. The van der Waals surface area contributed by atoms with Gasteiger partial charge in [0, 0.05) is 16.7 Å². The third kappa shape index (κ3) is 3.08. The van der Waals surface area contributed by atoms with Crippen LogP contribution in [0, 0.1) is 0 Å². The van der Waals surface area contributed by atoms with E-state index in [9.17, 15) is 4.79 Å². The van der Waals surface area contributed by atoms with E-state index < -0.39 is 0 Å².